The van der Waals surface area contributed by atoms with Crippen molar-refractivity contribution >= 4 is 17.8 Å². The normalized spacial score (nSPS) is 13.9. The number of carbonyl (C=O) groups is 2. The minimum Gasteiger partial charge on any atom is -0.479 e. The third kappa shape index (κ3) is 3.37. The highest BCUT2D eigenvalue weighted by molar-refractivity contribution is 6.18. The number of hydrogen-bond acceptors (Lipinski definition) is 7. The summed E-state index contributed by atoms with van der Waals surface area (Å²) in [6, 6.07) is 9.53. The molecule has 0 saturated carbocycles. The van der Waals surface area contributed by atoms with Crippen LogP contribution in [0.3, 0.4) is 0 Å². The number of aromatic nitrogens is 2. The van der Waals surface area contributed by atoms with Crippen molar-refractivity contribution in [3.8, 4) is 17.5 Å². The first-order valence-corrected chi connectivity index (χ1v) is 7.66. The minimum absolute atomic E-state index is 0.0757. The lowest BCUT2D eigenvalue weighted by Gasteiger charge is -2.17. The van der Waals surface area contributed by atoms with Gasteiger partial charge in [0, 0.05) is 12.8 Å². The number of anilines is 1. The first-order valence-electron chi connectivity index (χ1n) is 7.66. The highest BCUT2D eigenvalue weighted by atomic mass is 16.5. The lowest BCUT2D eigenvalue weighted by molar-refractivity contribution is -0.121. The summed E-state index contributed by atoms with van der Waals surface area (Å²) < 4.78 is 16.2. The number of amides is 2. The molecular weight excluding hydrogens is 326 g/mol. The molecule has 1 saturated heterocycles. The lowest BCUT2D eigenvalue weighted by Crippen LogP contribution is -2.30. The molecule has 8 heteroatoms. The van der Waals surface area contributed by atoms with Gasteiger partial charge < -0.3 is 14.2 Å². The molecule has 0 N–H and O–H groups in total. The first-order chi connectivity index (χ1) is 12.1. The number of imide groups is 1. The summed E-state index contributed by atoms with van der Waals surface area (Å²) in [7, 11) is 2.82. The summed E-state index contributed by atoms with van der Waals surface area (Å²) >= 11 is 0. The zero-order valence-corrected chi connectivity index (χ0v) is 13.9. The molecule has 3 rings (SSSR count). The van der Waals surface area contributed by atoms with Crippen molar-refractivity contribution in [1.29, 1.82) is 0 Å². The monoisotopic (exact) mass is 343 g/mol. The maximum Gasteiger partial charge on any atom is 0.265 e. The minimum atomic E-state index is -0.355. The standard InChI is InChI=1S/C17H17N3O5/c1-23-15-14(25-10-11-6-4-3-5-7-11)16(24-2)19-17(18-15)20-12(21)8-9-13(20)22/h3-7H,8-10H2,1-2H3. The van der Waals surface area contributed by atoms with E-state index in [2.05, 4.69) is 9.97 Å². The second-order valence-corrected chi connectivity index (χ2v) is 5.27. The van der Waals surface area contributed by atoms with E-state index in [0.717, 1.165) is 10.5 Å². The third-order valence-corrected chi connectivity index (χ3v) is 3.66. The fourth-order valence-electron chi connectivity index (χ4n) is 2.43. The van der Waals surface area contributed by atoms with E-state index in [1.807, 2.05) is 30.3 Å². The Kier molecular flexibility index (Phi) is 4.78. The van der Waals surface area contributed by atoms with Gasteiger partial charge in [-0.1, -0.05) is 30.3 Å². The molecule has 0 unspecified atom stereocenters. The van der Waals surface area contributed by atoms with E-state index in [9.17, 15) is 9.59 Å². The Morgan fingerprint density at radius 1 is 0.960 bits per heavy atom. The number of methoxy groups -OCH3 is 2. The largest absolute Gasteiger partial charge is 0.479 e. The fourth-order valence-corrected chi connectivity index (χ4v) is 2.43. The van der Waals surface area contributed by atoms with Gasteiger partial charge in [-0.2, -0.15) is 9.97 Å². The van der Waals surface area contributed by atoms with E-state index in [1.54, 1.807) is 0 Å². The van der Waals surface area contributed by atoms with Gasteiger partial charge in [0.1, 0.15) is 6.61 Å². The van der Waals surface area contributed by atoms with Crippen LogP contribution in [0, 0.1) is 0 Å². The van der Waals surface area contributed by atoms with Crippen molar-refractivity contribution in [1.82, 2.24) is 9.97 Å². The van der Waals surface area contributed by atoms with Crippen LogP contribution in [0.4, 0.5) is 5.95 Å². The average molecular weight is 343 g/mol. The molecule has 1 aliphatic heterocycles. The van der Waals surface area contributed by atoms with Gasteiger partial charge in [0.25, 0.3) is 11.8 Å². The van der Waals surface area contributed by atoms with E-state index in [0.29, 0.717) is 0 Å². The molecule has 1 aromatic heterocycles. The Balaban J connectivity index is 1.93. The molecule has 0 radical (unpaired) electrons. The van der Waals surface area contributed by atoms with Crippen LogP contribution < -0.4 is 19.1 Å². The number of ether oxygens (including phenoxy) is 3. The highest BCUT2D eigenvalue weighted by Gasteiger charge is 2.34. The topological polar surface area (TPSA) is 90.9 Å². The van der Waals surface area contributed by atoms with Crippen LogP contribution in [0.5, 0.6) is 17.5 Å². The molecule has 25 heavy (non-hydrogen) atoms. The van der Waals surface area contributed by atoms with Gasteiger partial charge in [0.15, 0.2) is 0 Å². The van der Waals surface area contributed by atoms with Gasteiger partial charge in [0.2, 0.25) is 23.5 Å². The van der Waals surface area contributed by atoms with Crippen LogP contribution in [-0.4, -0.2) is 36.0 Å². The molecular formula is C17H17N3O5. The van der Waals surface area contributed by atoms with Gasteiger partial charge in [0.05, 0.1) is 14.2 Å². The Morgan fingerprint density at radius 3 is 2.04 bits per heavy atom. The maximum atomic E-state index is 11.9. The molecule has 1 aliphatic rings. The van der Waals surface area contributed by atoms with E-state index in [-0.39, 0.29) is 54.7 Å². The van der Waals surface area contributed by atoms with Crippen LogP contribution >= 0.6 is 0 Å². The molecule has 1 fully saturated rings. The second-order valence-electron chi connectivity index (χ2n) is 5.27. The summed E-state index contributed by atoms with van der Waals surface area (Å²) in [5.41, 5.74) is 0.945. The molecule has 0 bridgehead atoms. The zero-order chi connectivity index (χ0) is 17.8. The smallest absolute Gasteiger partial charge is 0.265 e. The van der Waals surface area contributed by atoms with Gasteiger partial charge >= 0.3 is 0 Å². The van der Waals surface area contributed by atoms with E-state index in [4.69, 9.17) is 14.2 Å². The van der Waals surface area contributed by atoms with Gasteiger partial charge in [-0.25, -0.2) is 4.90 Å². The van der Waals surface area contributed by atoms with Crippen LogP contribution in [0.25, 0.3) is 0 Å². The molecule has 2 aromatic rings. The van der Waals surface area contributed by atoms with Crippen molar-refractivity contribution in [2.24, 2.45) is 0 Å². The van der Waals surface area contributed by atoms with Crippen LogP contribution in [-0.2, 0) is 16.2 Å². The van der Waals surface area contributed by atoms with Crippen molar-refractivity contribution in [2.45, 2.75) is 19.4 Å². The molecule has 8 nitrogen and oxygen atoms in total. The summed E-state index contributed by atoms with van der Waals surface area (Å²) in [4.78, 5) is 33.0. The molecule has 0 spiro atoms. The predicted molar refractivity (Wildman–Crippen MR) is 87.6 cm³/mol. The van der Waals surface area contributed by atoms with E-state index < -0.39 is 0 Å². The van der Waals surface area contributed by atoms with E-state index >= 15 is 0 Å². The lowest BCUT2D eigenvalue weighted by atomic mass is 10.2. The van der Waals surface area contributed by atoms with E-state index in [1.165, 1.54) is 14.2 Å². The summed E-state index contributed by atoms with van der Waals surface area (Å²) in [6.45, 7) is 0.262. The van der Waals surface area contributed by atoms with Gasteiger partial charge in [-0.3, -0.25) is 9.59 Å². The highest BCUT2D eigenvalue weighted by Crippen LogP contribution is 2.37. The summed E-state index contributed by atoms with van der Waals surface area (Å²) in [6.07, 6.45) is 0.276. The van der Waals surface area contributed by atoms with Gasteiger partial charge in [-0.05, 0) is 5.56 Å². The molecule has 2 amide bonds. The Morgan fingerprint density at radius 2 is 1.52 bits per heavy atom. The first kappa shape index (κ1) is 16.7. The quantitative estimate of drug-likeness (QED) is 0.738. The number of hydrogen-bond donors (Lipinski definition) is 0. The molecule has 130 valence electrons. The number of benzene rings is 1. The maximum absolute atomic E-state index is 11.9. The molecule has 2 heterocycles. The van der Waals surface area contributed by atoms with Crippen molar-refractivity contribution in [2.75, 3.05) is 19.1 Å². The van der Waals surface area contributed by atoms with Crippen LogP contribution in [0.1, 0.15) is 18.4 Å². The number of rotatable bonds is 6. The number of carbonyl (C=O) groups excluding carboxylic acids is 2. The van der Waals surface area contributed by atoms with Crippen molar-refractivity contribution in [3.63, 3.8) is 0 Å². The fraction of sp³-hybridized carbons (Fsp3) is 0.294. The second kappa shape index (κ2) is 7.16. The van der Waals surface area contributed by atoms with Crippen molar-refractivity contribution < 1.29 is 23.8 Å². The Labute approximate surface area is 144 Å². The summed E-state index contributed by atoms with van der Waals surface area (Å²) in [5.74, 6) is -0.403. The zero-order valence-electron chi connectivity index (χ0n) is 13.9. The van der Waals surface area contributed by atoms with Gasteiger partial charge in [-0.15, -0.1) is 0 Å². The number of nitrogens with zero attached hydrogens (tertiary/aromatic N) is 3. The molecule has 1 aromatic carbocycles. The average Bonchev–Trinajstić information content (AvgIpc) is 2.98. The molecule has 0 atom stereocenters. The Bertz CT molecular complexity index is 753. The Hall–Kier alpha value is -3.16. The SMILES string of the molecule is COc1nc(N2C(=O)CCC2=O)nc(OC)c1OCc1ccccc1. The molecule has 0 aliphatic carbocycles. The predicted octanol–water partition coefficient (Wildman–Crippen LogP) is 1.73. The van der Waals surface area contributed by atoms with Crippen LogP contribution in [0.2, 0.25) is 0 Å². The summed E-state index contributed by atoms with van der Waals surface area (Å²) in [5, 5.41) is 0. The van der Waals surface area contributed by atoms with Crippen molar-refractivity contribution in [3.05, 3.63) is 35.9 Å². The van der Waals surface area contributed by atoms with Crippen LogP contribution in [0.15, 0.2) is 30.3 Å². The third-order valence-electron chi connectivity index (χ3n) is 3.66.